The Hall–Kier alpha value is -2.60. The average molecular weight is 380 g/mol. The number of pyridine rings is 1. The zero-order valence-electron chi connectivity index (χ0n) is 15.1. The molecule has 1 atom stereocenters. The predicted molar refractivity (Wildman–Crippen MR) is 106 cm³/mol. The lowest BCUT2D eigenvalue weighted by Crippen LogP contribution is -2.14. The summed E-state index contributed by atoms with van der Waals surface area (Å²) >= 11 is 1.38. The quantitative estimate of drug-likeness (QED) is 0.684. The Kier molecular flexibility index (Phi) is 3.82. The molecule has 1 aliphatic carbocycles. The van der Waals surface area contributed by atoms with E-state index >= 15 is 0 Å². The van der Waals surface area contributed by atoms with Crippen molar-refractivity contribution in [3.8, 4) is 11.5 Å². The number of anilines is 1. The highest BCUT2D eigenvalue weighted by Crippen LogP contribution is 2.39. The molecule has 3 aromatic rings. The Labute approximate surface area is 161 Å². The molecule has 5 nitrogen and oxygen atoms in total. The van der Waals surface area contributed by atoms with Crippen LogP contribution in [-0.4, -0.2) is 17.6 Å². The fourth-order valence-corrected chi connectivity index (χ4v) is 5.01. The second kappa shape index (κ2) is 6.23. The highest BCUT2D eigenvalue weighted by molar-refractivity contribution is 7.21. The van der Waals surface area contributed by atoms with Gasteiger partial charge in [0, 0.05) is 16.6 Å². The number of fused-ring (bicyclic) bond motifs is 3. The van der Waals surface area contributed by atoms with E-state index in [0.717, 1.165) is 28.8 Å². The standard InChI is InChI=1S/C21H20N2O3S/c1-2-11-3-5-15-13(7-11)8-14-18(22)20(27-21(14)23-15)19(24)12-4-6-16-17(9-12)26-10-25-16/h4,6,8-9,11H,2-3,5,7,10,22H2,1H3. The monoisotopic (exact) mass is 380 g/mol. The molecular formula is C21H20N2O3S. The largest absolute Gasteiger partial charge is 0.454 e. The Morgan fingerprint density at radius 3 is 3.00 bits per heavy atom. The molecular weight excluding hydrogens is 360 g/mol. The van der Waals surface area contributed by atoms with Crippen LogP contribution in [0.5, 0.6) is 11.5 Å². The summed E-state index contributed by atoms with van der Waals surface area (Å²) in [7, 11) is 0. The predicted octanol–water partition coefficient (Wildman–Crippen LogP) is 4.35. The molecule has 0 bridgehead atoms. The van der Waals surface area contributed by atoms with E-state index in [4.69, 9.17) is 20.2 Å². The molecule has 0 saturated heterocycles. The van der Waals surface area contributed by atoms with Gasteiger partial charge in [-0.25, -0.2) is 4.98 Å². The molecule has 27 heavy (non-hydrogen) atoms. The van der Waals surface area contributed by atoms with Gasteiger partial charge in [-0.2, -0.15) is 0 Å². The summed E-state index contributed by atoms with van der Waals surface area (Å²) < 4.78 is 10.7. The fourth-order valence-electron chi connectivity index (χ4n) is 3.95. The van der Waals surface area contributed by atoms with E-state index in [0.29, 0.717) is 33.5 Å². The highest BCUT2D eigenvalue weighted by Gasteiger charge is 2.24. The van der Waals surface area contributed by atoms with Crippen molar-refractivity contribution in [2.75, 3.05) is 12.5 Å². The second-order valence-corrected chi connectivity index (χ2v) is 8.21. The summed E-state index contributed by atoms with van der Waals surface area (Å²) in [5, 5.41) is 0.902. The van der Waals surface area contributed by atoms with Gasteiger partial charge in [0.05, 0.1) is 5.69 Å². The molecule has 0 amide bonds. The molecule has 2 aromatic heterocycles. The Bertz CT molecular complexity index is 1070. The molecule has 138 valence electrons. The normalized spacial score (nSPS) is 17.9. The van der Waals surface area contributed by atoms with Crippen LogP contribution in [0.4, 0.5) is 5.69 Å². The molecule has 6 heteroatoms. The van der Waals surface area contributed by atoms with E-state index in [9.17, 15) is 4.79 Å². The number of nitrogens with two attached hydrogens (primary N) is 1. The molecule has 2 N–H and O–H groups in total. The van der Waals surface area contributed by atoms with Crippen molar-refractivity contribution in [1.29, 1.82) is 0 Å². The molecule has 1 unspecified atom stereocenters. The number of carbonyl (C=O) groups is 1. The van der Waals surface area contributed by atoms with Gasteiger partial charge in [0.25, 0.3) is 0 Å². The topological polar surface area (TPSA) is 74.4 Å². The molecule has 2 aliphatic rings. The number of hydrogen-bond donors (Lipinski definition) is 1. The third-order valence-electron chi connectivity index (χ3n) is 5.61. The number of nitrogen functional groups attached to an aromatic ring is 1. The van der Waals surface area contributed by atoms with E-state index in [1.165, 1.54) is 29.7 Å². The van der Waals surface area contributed by atoms with E-state index in [1.54, 1.807) is 18.2 Å². The van der Waals surface area contributed by atoms with E-state index in [2.05, 4.69) is 13.0 Å². The van der Waals surface area contributed by atoms with Crippen LogP contribution in [-0.2, 0) is 12.8 Å². The average Bonchev–Trinajstić information content (AvgIpc) is 3.29. The number of ether oxygens (including phenoxy) is 2. The third-order valence-corrected chi connectivity index (χ3v) is 6.72. The van der Waals surface area contributed by atoms with Gasteiger partial charge in [-0.15, -0.1) is 11.3 Å². The van der Waals surface area contributed by atoms with Crippen LogP contribution in [0.1, 0.15) is 46.3 Å². The minimum Gasteiger partial charge on any atom is -0.454 e. The summed E-state index contributed by atoms with van der Waals surface area (Å²) in [4.78, 5) is 19.3. The fraction of sp³-hybridized carbons (Fsp3) is 0.333. The lowest BCUT2D eigenvalue weighted by Gasteiger charge is -2.22. The lowest BCUT2D eigenvalue weighted by molar-refractivity contribution is 0.104. The first kappa shape index (κ1) is 16.6. The number of aromatic nitrogens is 1. The summed E-state index contributed by atoms with van der Waals surface area (Å²) in [5.41, 5.74) is 9.91. The number of nitrogens with zero attached hydrogens (tertiary/aromatic N) is 1. The molecule has 0 radical (unpaired) electrons. The van der Waals surface area contributed by atoms with Crippen molar-refractivity contribution in [2.24, 2.45) is 5.92 Å². The number of ketones is 1. The van der Waals surface area contributed by atoms with Gasteiger partial charge in [0.2, 0.25) is 12.6 Å². The summed E-state index contributed by atoms with van der Waals surface area (Å²) in [6.45, 7) is 2.43. The van der Waals surface area contributed by atoms with Crippen LogP contribution in [0.3, 0.4) is 0 Å². The van der Waals surface area contributed by atoms with Crippen LogP contribution in [0.2, 0.25) is 0 Å². The van der Waals surface area contributed by atoms with Crippen molar-refractivity contribution in [1.82, 2.24) is 4.98 Å². The lowest BCUT2D eigenvalue weighted by atomic mass is 9.85. The van der Waals surface area contributed by atoms with E-state index in [-0.39, 0.29) is 12.6 Å². The smallest absolute Gasteiger partial charge is 0.231 e. The Morgan fingerprint density at radius 2 is 2.15 bits per heavy atom. The number of aryl methyl sites for hydroxylation is 1. The molecule has 0 spiro atoms. The van der Waals surface area contributed by atoms with Crippen LogP contribution >= 0.6 is 11.3 Å². The molecule has 3 heterocycles. The number of rotatable bonds is 3. The van der Waals surface area contributed by atoms with Gasteiger partial charge in [-0.05, 0) is 55.0 Å². The van der Waals surface area contributed by atoms with Crippen molar-refractivity contribution in [2.45, 2.75) is 32.6 Å². The van der Waals surface area contributed by atoms with Gasteiger partial charge in [-0.3, -0.25) is 4.79 Å². The molecule has 5 rings (SSSR count). The van der Waals surface area contributed by atoms with Crippen LogP contribution in [0, 0.1) is 5.92 Å². The van der Waals surface area contributed by atoms with E-state index in [1.807, 2.05) is 0 Å². The Morgan fingerprint density at radius 1 is 1.30 bits per heavy atom. The highest BCUT2D eigenvalue weighted by atomic mass is 32.1. The number of hydrogen-bond acceptors (Lipinski definition) is 6. The minimum absolute atomic E-state index is 0.0989. The van der Waals surface area contributed by atoms with Crippen LogP contribution < -0.4 is 15.2 Å². The van der Waals surface area contributed by atoms with Crippen molar-refractivity contribution < 1.29 is 14.3 Å². The summed E-state index contributed by atoms with van der Waals surface area (Å²) in [6.07, 6.45) is 4.43. The Balaban J connectivity index is 1.56. The van der Waals surface area contributed by atoms with Gasteiger partial charge >= 0.3 is 0 Å². The van der Waals surface area contributed by atoms with E-state index < -0.39 is 0 Å². The van der Waals surface area contributed by atoms with Gasteiger partial charge in [-0.1, -0.05) is 13.3 Å². The van der Waals surface area contributed by atoms with Crippen molar-refractivity contribution >= 4 is 33.0 Å². The first-order chi connectivity index (χ1) is 13.1. The van der Waals surface area contributed by atoms with Gasteiger partial charge in [0.15, 0.2) is 11.5 Å². The maximum atomic E-state index is 13.1. The molecule has 0 saturated carbocycles. The summed E-state index contributed by atoms with van der Waals surface area (Å²) in [6, 6.07) is 7.39. The maximum absolute atomic E-state index is 13.1. The van der Waals surface area contributed by atoms with Crippen molar-refractivity contribution in [3.63, 3.8) is 0 Å². The van der Waals surface area contributed by atoms with Gasteiger partial charge < -0.3 is 15.2 Å². The zero-order valence-corrected chi connectivity index (χ0v) is 15.9. The number of benzene rings is 1. The first-order valence-corrected chi connectivity index (χ1v) is 10.1. The molecule has 1 aromatic carbocycles. The minimum atomic E-state index is -0.0989. The van der Waals surface area contributed by atoms with Gasteiger partial charge in [0.1, 0.15) is 9.71 Å². The first-order valence-electron chi connectivity index (χ1n) is 9.29. The molecule has 0 fully saturated rings. The van der Waals surface area contributed by atoms with Crippen molar-refractivity contribution in [3.05, 3.63) is 46.0 Å². The zero-order chi connectivity index (χ0) is 18.5. The van der Waals surface area contributed by atoms with Crippen LogP contribution in [0.25, 0.3) is 10.2 Å². The third kappa shape index (κ3) is 2.67. The summed E-state index contributed by atoms with van der Waals surface area (Å²) in [5.74, 6) is 1.87. The molecule has 1 aliphatic heterocycles. The number of thiophene rings is 1. The number of carbonyl (C=O) groups excluding carboxylic acids is 1. The maximum Gasteiger partial charge on any atom is 0.231 e. The van der Waals surface area contributed by atoms with Crippen LogP contribution in [0.15, 0.2) is 24.3 Å². The SMILES string of the molecule is CCC1CCc2nc3sc(C(=O)c4ccc5c(c4)OCO5)c(N)c3cc2C1. The second-order valence-electron chi connectivity index (χ2n) is 7.21.